The Kier molecular flexibility index (Phi) is 4.87. The van der Waals surface area contributed by atoms with Crippen molar-refractivity contribution < 1.29 is 14.3 Å². The Labute approximate surface area is 83.8 Å². The number of carbonyl (C=O) groups is 1. The largest absolute Gasteiger partial charge is 0.444 e. The lowest BCUT2D eigenvalue weighted by molar-refractivity contribution is 0.0304. The Morgan fingerprint density at radius 3 is 2.50 bits per heavy atom. The lowest BCUT2D eigenvalue weighted by atomic mass is 10.2. The van der Waals surface area contributed by atoms with Crippen molar-refractivity contribution in [3.05, 3.63) is 0 Å². The molecule has 14 heavy (non-hydrogen) atoms. The van der Waals surface area contributed by atoms with Gasteiger partial charge in [-0.05, 0) is 20.8 Å². The van der Waals surface area contributed by atoms with Crippen molar-refractivity contribution in [3.8, 4) is 0 Å². The maximum Gasteiger partial charge on any atom is 0.410 e. The van der Waals surface area contributed by atoms with Gasteiger partial charge in [0.25, 0.3) is 0 Å². The van der Waals surface area contributed by atoms with Gasteiger partial charge in [-0.1, -0.05) is 0 Å². The molecule has 0 radical (unpaired) electrons. The van der Waals surface area contributed by atoms with Gasteiger partial charge in [0, 0.05) is 13.6 Å². The summed E-state index contributed by atoms with van der Waals surface area (Å²) < 4.78 is 5.08. The van der Waals surface area contributed by atoms with Gasteiger partial charge in [0.15, 0.2) is 0 Å². The van der Waals surface area contributed by atoms with Crippen LogP contribution in [-0.2, 0) is 9.53 Å². The van der Waals surface area contributed by atoms with E-state index in [4.69, 9.17) is 4.74 Å². The van der Waals surface area contributed by atoms with Gasteiger partial charge in [0.05, 0.1) is 6.54 Å². The van der Waals surface area contributed by atoms with Gasteiger partial charge in [0.2, 0.25) is 6.08 Å². The monoisotopic (exact) mass is 200 g/mol. The molecule has 0 spiro atoms. The average molecular weight is 200 g/mol. The minimum atomic E-state index is -0.501. The van der Waals surface area contributed by atoms with E-state index >= 15 is 0 Å². The number of amides is 1. The average Bonchev–Trinajstić information content (AvgIpc) is 2.01. The van der Waals surface area contributed by atoms with Crippen LogP contribution in [-0.4, -0.2) is 42.8 Å². The van der Waals surface area contributed by atoms with Crippen LogP contribution < -0.4 is 0 Å². The van der Waals surface area contributed by atoms with Gasteiger partial charge in [-0.2, -0.15) is 0 Å². The number of nitrogens with zero attached hydrogens (tertiary/aromatic N) is 2. The summed E-state index contributed by atoms with van der Waals surface area (Å²) in [7, 11) is 1.59. The van der Waals surface area contributed by atoms with Gasteiger partial charge >= 0.3 is 6.09 Å². The quantitative estimate of drug-likeness (QED) is 0.508. The lowest BCUT2D eigenvalue weighted by Crippen LogP contribution is -2.35. The molecule has 0 aromatic heterocycles. The van der Waals surface area contributed by atoms with Crippen LogP contribution in [0.1, 0.15) is 20.8 Å². The molecule has 0 aliphatic rings. The highest BCUT2D eigenvalue weighted by molar-refractivity contribution is 5.67. The number of likely N-dealkylation sites (N-methyl/N-ethyl adjacent to an activating group) is 1. The van der Waals surface area contributed by atoms with Crippen LogP contribution in [0.25, 0.3) is 0 Å². The van der Waals surface area contributed by atoms with Crippen molar-refractivity contribution in [2.75, 3.05) is 20.1 Å². The first kappa shape index (κ1) is 12.7. The van der Waals surface area contributed by atoms with Crippen LogP contribution in [0.4, 0.5) is 4.79 Å². The molecule has 0 atom stereocenters. The van der Waals surface area contributed by atoms with Crippen molar-refractivity contribution in [3.63, 3.8) is 0 Å². The summed E-state index contributed by atoms with van der Waals surface area (Å²) >= 11 is 0. The molecule has 0 unspecified atom stereocenters. The van der Waals surface area contributed by atoms with Gasteiger partial charge in [-0.3, -0.25) is 0 Å². The summed E-state index contributed by atoms with van der Waals surface area (Å²) in [5, 5.41) is 0. The fraction of sp³-hybridized carbons (Fsp3) is 0.778. The van der Waals surface area contributed by atoms with Crippen LogP contribution in [0, 0.1) is 0 Å². The summed E-state index contributed by atoms with van der Waals surface area (Å²) in [6.07, 6.45) is 0.988. The zero-order valence-electron chi connectivity index (χ0n) is 9.03. The van der Waals surface area contributed by atoms with E-state index in [1.165, 1.54) is 11.0 Å². The first-order valence-corrected chi connectivity index (χ1v) is 4.34. The molecule has 0 fully saturated rings. The van der Waals surface area contributed by atoms with Crippen molar-refractivity contribution in [1.29, 1.82) is 0 Å². The van der Waals surface area contributed by atoms with E-state index in [1.807, 2.05) is 0 Å². The number of isocyanates is 1. The predicted molar refractivity (Wildman–Crippen MR) is 51.9 cm³/mol. The second-order valence-corrected chi connectivity index (χ2v) is 3.87. The second kappa shape index (κ2) is 5.40. The van der Waals surface area contributed by atoms with Crippen LogP contribution in [0.2, 0.25) is 0 Å². The molecule has 0 N–H and O–H groups in total. The molecular formula is C9H16N2O3. The van der Waals surface area contributed by atoms with Gasteiger partial charge in [-0.15, -0.1) is 0 Å². The van der Waals surface area contributed by atoms with Gasteiger partial charge in [0.1, 0.15) is 5.60 Å². The molecule has 0 rings (SSSR count). The Morgan fingerprint density at radius 1 is 1.50 bits per heavy atom. The maximum absolute atomic E-state index is 11.3. The molecule has 0 heterocycles. The third kappa shape index (κ3) is 6.20. The second-order valence-electron chi connectivity index (χ2n) is 3.87. The predicted octanol–water partition coefficient (Wildman–Crippen LogP) is 1.19. The molecule has 0 aromatic carbocycles. The number of hydrogen-bond acceptors (Lipinski definition) is 4. The van der Waals surface area contributed by atoms with E-state index in [-0.39, 0.29) is 6.54 Å². The summed E-state index contributed by atoms with van der Waals surface area (Å²) in [5.41, 5.74) is -0.501. The number of carbonyl (C=O) groups excluding carboxylic acids is 2. The molecule has 0 saturated carbocycles. The van der Waals surface area contributed by atoms with E-state index in [1.54, 1.807) is 27.8 Å². The smallest absolute Gasteiger partial charge is 0.410 e. The Balaban J connectivity index is 3.94. The summed E-state index contributed by atoms with van der Waals surface area (Å²) in [6.45, 7) is 5.98. The Bertz CT molecular complexity index is 239. The molecule has 0 saturated heterocycles. The van der Waals surface area contributed by atoms with Crippen LogP contribution in [0.15, 0.2) is 4.99 Å². The summed E-state index contributed by atoms with van der Waals surface area (Å²) in [6, 6.07) is 0. The third-order valence-corrected chi connectivity index (χ3v) is 1.32. The van der Waals surface area contributed by atoms with Gasteiger partial charge < -0.3 is 9.64 Å². The SMILES string of the molecule is CN(CCN=C=O)C(=O)OC(C)(C)C. The summed E-state index contributed by atoms with van der Waals surface area (Å²) in [4.78, 5) is 25.8. The molecule has 5 heteroatoms. The molecular weight excluding hydrogens is 184 g/mol. The molecule has 0 aliphatic heterocycles. The normalized spacial score (nSPS) is 10.3. The van der Waals surface area contributed by atoms with Crippen molar-refractivity contribution in [2.24, 2.45) is 4.99 Å². The standard InChI is InChI=1S/C9H16N2O3/c1-9(2,3)14-8(13)11(4)6-5-10-7-12/h5-6H2,1-4H3. The number of aliphatic imine (C=N–C) groups is 1. The van der Waals surface area contributed by atoms with Crippen molar-refractivity contribution in [2.45, 2.75) is 26.4 Å². The molecule has 0 aliphatic carbocycles. The number of hydrogen-bond donors (Lipinski definition) is 0. The van der Waals surface area contributed by atoms with E-state index < -0.39 is 11.7 Å². The minimum absolute atomic E-state index is 0.249. The first-order chi connectivity index (χ1) is 6.37. The van der Waals surface area contributed by atoms with E-state index in [2.05, 4.69) is 4.99 Å². The van der Waals surface area contributed by atoms with Crippen molar-refractivity contribution in [1.82, 2.24) is 4.90 Å². The molecule has 1 amide bonds. The van der Waals surface area contributed by atoms with Gasteiger partial charge in [-0.25, -0.2) is 14.6 Å². The van der Waals surface area contributed by atoms with Crippen LogP contribution in [0.5, 0.6) is 0 Å². The minimum Gasteiger partial charge on any atom is -0.444 e. The van der Waals surface area contributed by atoms with Crippen molar-refractivity contribution >= 4 is 12.2 Å². The fourth-order valence-corrected chi connectivity index (χ4v) is 0.677. The van der Waals surface area contributed by atoms with E-state index in [0.717, 1.165) is 0 Å². The topological polar surface area (TPSA) is 59.0 Å². The zero-order chi connectivity index (χ0) is 11.2. The van der Waals surface area contributed by atoms with Crippen LogP contribution >= 0.6 is 0 Å². The first-order valence-electron chi connectivity index (χ1n) is 4.34. The highest BCUT2D eigenvalue weighted by Crippen LogP contribution is 2.08. The molecule has 0 aromatic rings. The molecule has 80 valence electrons. The summed E-state index contributed by atoms with van der Waals surface area (Å²) in [5.74, 6) is 0. The highest BCUT2D eigenvalue weighted by atomic mass is 16.6. The number of rotatable bonds is 3. The highest BCUT2D eigenvalue weighted by Gasteiger charge is 2.18. The lowest BCUT2D eigenvalue weighted by Gasteiger charge is -2.24. The Morgan fingerprint density at radius 2 is 2.07 bits per heavy atom. The van der Waals surface area contributed by atoms with E-state index in [9.17, 15) is 9.59 Å². The maximum atomic E-state index is 11.3. The molecule has 5 nitrogen and oxygen atoms in total. The van der Waals surface area contributed by atoms with Crippen LogP contribution in [0.3, 0.4) is 0 Å². The van der Waals surface area contributed by atoms with E-state index in [0.29, 0.717) is 6.54 Å². The molecule has 0 bridgehead atoms. The number of ether oxygens (including phenoxy) is 1. The fourth-order valence-electron chi connectivity index (χ4n) is 0.677. The third-order valence-electron chi connectivity index (χ3n) is 1.32. The Hall–Kier alpha value is -1.35. The zero-order valence-corrected chi connectivity index (χ0v) is 9.03.